The molecule has 0 bridgehead atoms. The van der Waals surface area contributed by atoms with Gasteiger partial charge in [0.05, 0.1) is 5.56 Å². The molecule has 1 aromatic heterocycles. The Morgan fingerprint density at radius 3 is 2.59 bits per heavy atom. The van der Waals surface area contributed by atoms with Crippen molar-refractivity contribution in [3.05, 3.63) is 77.6 Å². The first kappa shape index (κ1) is 15.6. The molecule has 5 rings (SSSR count). The molecule has 3 aromatic rings. The van der Waals surface area contributed by atoms with Crippen molar-refractivity contribution in [2.24, 2.45) is 0 Å². The van der Waals surface area contributed by atoms with Gasteiger partial charge in [0, 0.05) is 29.6 Å². The lowest BCUT2D eigenvalue weighted by Gasteiger charge is -2.19. The zero-order valence-electron chi connectivity index (χ0n) is 14.3. The standard InChI is InChI=1S/C22H15NO4/c24-22-17(12-25-19-10-21-20(9-18(19)22)26-13-27-21)8-14-3-1-4-15(7-14)16-5-2-6-23-11-16/h1-11H,12-13H2/b17-8-. The SMILES string of the molecule is O=C1/C(=C\c2cccc(-c3cccnc3)c2)COc2cc3c(cc21)OCO3. The van der Waals surface area contributed by atoms with Crippen LogP contribution in [0.1, 0.15) is 15.9 Å². The number of aromatic nitrogens is 1. The molecule has 2 aliphatic heterocycles. The Morgan fingerprint density at radius 2 is 1.74 bits per heavy atom. The fourth-order valence-electron chi connectivity index (χ4n) is 3.26. The van der Waals surface area contributed by atoms with Crippen LogP contribution in [-0.2, 0) is 0 Å². The van der Waals surface area contributed by atoms with Crippen LogP contribution in [0.5, 0.6) is 17.2 Å². The van der Waals surface area contributed by atoms with Crippen LogP contribution in [0.25, 0.3) is 17.2 Å². The van der Waals surface area contributed by atoms with Gasteiger partial charge in [0.1, 0.15) is 12.4 Å². The molecule has 0 aliphatic carbocycles. The minimum Gasteiger partial charge on any atom is -0.488 e. The van der Waals surface area contributed by atoms with Crippen molar-refractivity contribution in [3.63, 3.8) is 0 Å². The minimum atomic E-state index is -0.0543. The Bertz CT molecular complexity index is 1070. The molecule has 0 N–H and O–H groups in total. The number of hydrogen-bond acceptors (Lipinski definition) is 5. The molecule has 0 atom stereocenters. The van der Waals surface area contributed by atoms with Gasteiger partial charge >= 0.3 is 0 Å². The predicted octanol–water partition coefficient (Wildman–Crippen LogP) is 4.14. The van der Waals surface area contributed by atoms with Crippen LogP contribution < -0.4 is 14.2 Å². The lowest BCUT2D eigenvalue weighted by atomic mass is 9.97. The van der Waals surface area contributed by atoms with Crippen molar-refractivity contribution < 1.29 is 19.0 Å². The second-order valence-electron chi connectivity index (χ2n) is 6.36. The van der Waals surface area contributed by atoms with Crippen LogP contribution in [0.2, 0.25) is 0 Å². The molecule has 0 saturated heterocycles. The van der Waals surface area contributed by atoms with Gasteiger partial charge < -0.3 is 14.2 Å². The third-order valence-electron chi connectivity index (χ3n) is 4.62. The first-order valence-corrected chi connectivity index (χ1v) is 8.60. The van der Waals surface area contributed by atoms with Gasteiger partial charge in [-0.05, 0) is 35.4 Å². The second kappa shape index (κ2) is 6.29. The Labute approximate surface area is 155 Å². The van der Waals surface area contributed by atoms with Crippen molar-refractivity contribution >= 4 is 11.9 Å². The molecule has 132 valence electrons. The Hall–Kier alpha value is -3.60. The summed E-state index contributed by atoms with van der Waals surface area (Å²) in [7, 11) is 0. The summed E-state index contributed by atoms with van der Waals surface area (Å²) in [4.78, 5) is 17.1. The van der Waals surface area contributed by atoms with E-state index in [1.54, 1.807) is 18.3 Å². The molecular formula is C22H15NO4. The molecule has 0 saturated carbocycles. The van der Waals surface area contributed by atoms with E-state index in [9.17, 15) is 4.79 Å². The molecule has 2 aliphatic rings. The average molecular weight is 357 g/mol. The first-order valence-electron chi connectivity index (χ1n) is 8.60. The van der Waals surface area contributed by atoms with Crippen LogP contribution in [0.15, 0.2) is 66.5 Å². The van der Waals surface area contributed by atoms with E-state index < -0.39 is 0 Å². The summed E-state index contributed by atoms with van der Waals surface area (Å²) in [5, 5.41) is 0. The van der Waals surface area contributed by atoms with E-state index in [4.69, 9.17) is 14.2 Å². The summed E-state index contributed by atoms with van der Waals surface area (Å²) < 4.78 is 16.5. The van der Waals surface area contributed by atoms with E-state index in [2.05, 4.69) is 4.98 Å². The smallest absolute Gasteiger partial charge is 0.231 e. The number of carbonyl (C=O) groups excluding carboxylic acids is 1. The summed E-state index contributed by atoms with van der Waals surface area (Å²) in [5.74, 6) is 1.66. The maximum atomic E-state index is 12.9. The molecule has 5 nitrogen and oxygen atoms in total. The van der Waals surface area contributed by atoms with Crippen molar-refractivity contribution in [3.8, 4) is 28.4 Å². The van der Waals surface area contributed by atoms with E-state index >= 15 is 0 Å². The van der Waals surface area contributed by atoms with Gasteiger partial charge in [-0.25, -0.2) is 0 Å². The number of Topliss-reactive ketones (excluding diaryl/α,β-unsaturated/α-hetero) is 1. The minimum absolute atomic E-state index is 0.0543. The molecule has 0 amide bonds. The van der Waals surface area contributed by atoms with Crippen molar-refractivity contribution in [1.82, 2.24) is 4.98 Å². The quantitative estimate of drug-likeness (QED) is 0.645. The van der Waals surface area contributed by atoms with Gasteiger partial charge in [0.15, 0.2) is 17.3 Å². The summed E-state index contributed by atoms with van der Waals surface area (Å²) in [6, 6.07) is 15.3. The van der Waals surface area contributed by atoms with Crippen LogP contribution >= 0.6 is 0 Å². The number of fused-ring (bicyclic) bond motifs is 2. The van der Waals surface area contributed by atoms with Gasteiger partial charge in [-0.3, -0.25) is 9.78 Å². The van der Waals surface area contributed by atoms with Crippen molar-refractivity contribution in [2.75, 3.05) is 13.4 Å². The van der Waals surface area contributed by atoms with Crippen LogP contribution in [0, 0.1) is 0 Å². The van der Waals surface area contributed by atoms with E-state index in [0.29, 0.717) is 28.4 Å². The summed E-state index contributed by atoms with van der Waals surface area (Å²) in [6.07, 6.45) is 5.44. The molecule has 2 aromatic carbocycles. The van der Waals surface area contributed by atoms with E-state index in [1.165, 1.54) is 0 Å². The average Bonchev–Trinajstić information content (AvgIpc) is 3.17. The second-order valence-corrected chi connectivity index (χ2v) is 6.36. The lowest BCUT2D eigenvalue weighted by Crippen LogP contribution is -2.19. The molecular weight excluding hydrogens is 342 g/mol. The molecule has 0 radical (unpaired) electrons. The zero-order valence-corrected chi connectivity index (χ0v) is 14.3. The number of rotatable bonds is 2. The van der Waals surface area contributed by atoms with E-state index in [-0.39, 0.29) is 19.2 Å². The number of ketones is 1. The monoisotopic (exact) mass is 357 g/mol. The van der Waals surface area contributed by atoms with Crippen LogP contribution in [0.3, 0.4) is 0 Å². The Kier molecular flexibility index (Phi) is 3.64. The zero-order chi connectivity index (χ0) is 18.2. The van der Waals surface area contributed by atoms with Gasteiger partial charge in [-0.1, -0.05) is 24.3 Å². The number of pyridine rings is 1. The molecule has 3 heterocycles. The number of carbonyl (C=O) groups is 1. The van der Waals surface area contributed by atoms with Gasteiger partial charge in [-0.15, -0.1) is 0 Å². The summed E-state index contributed by atoms with van der Waals surface area (Å²) in [6.45, 7) is 0.388. The van der Waals surface area contributed by atoms with E-state index in [0.717, 1.165) is 16.7 Å². The number of hydrogen-bond donors (Lipinski definition) is 0. The molecule has 0 spiro atoms. The largest absolute Gasteiger partial charge is 0.488 e. The summed E-state index contributed by atoms with van der Waals surface area (Å²) in [5.41, 5.74) is 4.12. The molecule has 0 fully saturated rings. The number of benzene rings is 2. The Balaban J connectivity index is 1.49. The summed E-state index contributed by atoms with van der Waals surface area (Å²) >= 11 is 0. The lowest BCUT2D eigenvalue weighted by molar-refractivity contribution is 0.100. The highest BCUT2D eigenvalue weighted by molar-refractivity contribution is 6.14. The van der Waals surface area contributed by atoms with Gasteiger partial charge in [0.25, 0.3) is 0 Å². The van der Waals surface area contributed by atoms with E-state index in [1.807, 2.05) is 48.7 Å². The third-order valence-corrected chi connectivity index (χ3v) is 4.62. The normalized spacial score (nSPS) is 16.1. The third kappa shape index (κ3) is 2.83. The Morgan fingerprint density at radius 1 is 0.889 bits per heavy atom. The molecule has 27 heavy (non-hydrogen) atoms. The maximum absolute atomic E-state index is 12.9. The predicted molar refractivity (Wildman–Crippen MR) is 100 cm³/mol. The highest BCUT2D eigenvalue weighted by atomic mass is 16.7. The van der Waals surface area contributed by atoms with Crippen molar-refractivity contribution in [2.45, 2.75) is 0 Å². The van der Waals surface area contributed by atoms with Crippen LogP contribution in [-0.4, -0.2) is 24.2 Å². The van der Waals surface area contributed by atoms with Gasteiger partial charge in [0.2, 0.25) is 6.79 Å². The maximum Gasteiger partial charge on any atom is 0.231 e. The van der Waals surface area contributed by atoms with Gasteiger partial charge in [-0.2, -0.15) is 0 Å². The van der Waals surface area contributed by atoms with Crippen LogP contribution in [0.4, 0.5) is 0 Å². The fourth-order valence-corrected chi connectivity index (χ4v) is 3.26. The highest BCUT2D eigenvalue weighted by Gasteiger charge is 2.27. The fraction of sp³-hybridized carbons (Fsp3) is 0.0909. The van der Waals surface area contributed by atoms with Crippen molar-refractivity contribution in [1.29, 1.82) is 0 Å². The topological polar surface area (TPSA) is 57.7 Å². The molecule has 0 unspecified atom stereocenters. The highest BCUT2D eigenvalue weighted by Crippen LogP contribution is 2.40. The number of ether oxygens (including phenoxy) is 3. The molecule has 5 heteroatoms. The number of nitrogens with zero attached hydrogens (tertiary/aromatic N) is 1. The first-order chi connectivity index (χ1) is 13.3.